The molecule has 5 rings (SSSR count). The standard InChI is InChI=1S/C29H35FN6O6/c1-39-24-12-9-20(15-25(24)40-2)28-32-34-36(33-28)18-26(37)35(17-23-6-4-14-42-23)27(19-7-10-21(30)11-8-19)29(38)31-16-22-5-3-13-41-22/h7-12,15,22-23,27H,3-6,13-14,16-18H2,1-2H3,(H,31,38)/t22-,23-,27+/m0/s1. The van der Waals surface area contributed by atoms with E-state index in [9.17, 15) is 14.0 Å². The van der Waals surface area contributed by atoms with E-state index in [0.717, 1.165) is 25.7 Å². The van der Waals surface area contributed by atoms with Gasteiger partial charge >= 0.3 is 0 Å². The van der Waals surface area contributed by atoms with E-state index in [-0.39, 0.29) is 31.2 Å². The maximum Gasteiger partial charge on any atom is 0.247 e. The fraction of sp³-hybridized carbons (Fsp3) is 0.483. The van der Waals surface area contributed by atoms with Gasteiger partial charge in [0, 0.05) is 31.9 Å². The Morgan fingerprint density at radius 1 is 1.05 bits per heavy atom. The second-order valence-electron chi connectivity index (χ2n) is 10.2. The molecule has 2 fully saturated rings. The largest absolute Gasteiger partial charge is 0.493 e. The molecule has 1 aromatic heterocycles. The predicted octanol–water partition coefficient (Wildman–Crippen LogP) is 2.54. The number of halogens is 1. The van der Waals surface area contributed by atoms with E-state index >= 15 is 0 Å². The number of aromatic nitrogens is 4. The van der Waals surface area contributed by atoms with E-state index in [2.05, 4.69) is 20.7 Å². The zero-order chi connectivity index (χ0) is 29.5. The fourth-order valence-corrected chi connectivity index (χ4v) is 5.21. The van der Waals surface area contributed by atoms with E-state index in [4.69, 9.17) is 18.9 Å². The zero-order valence-electron chi connectivity index (χ0n) is 23.7. The van der Waals surface area contributed by atoms with Gasteiger partial charge in [-0.25, -0.2) is 4.39 Å². The number of benzene rings is 2. The molecule has 3 heterocycles. The lowest BCUT2D eigenvalue weighted by Gasteiger charge is -2.33. The van der Waals surface area contributed by atoms with Gasteiger partial charge in [-0.2, -0.15) is 4.80 Å². The van der Waals surface area contributed by atoms with Crippen LogP contribution in [0.1, 0.15) is 37.3 Å². The molecule has 0 bridgehead atoms. The van der Waals surface area contributed by atoms with Crippen molar-refractivity contribution in [3.05, 3.63) is 53.8 Å². The van der Waals surface area contributed by atoms with Crippen LogP contribution in [-0.2, 0) is 25.6 Å². The van der Waals surface area contributed by atoms with Crippen molar-refractivity contribution in [2.24, 2.45) is 0 Å². The minimum absolute atomic E-state index is 0.0838. The first kappa shape index (κ1) is 29.4. The van der Waals surface area contributed by atoms with E-state index in [1.165, 1.54) is 41.1 Å². The molecular weight excluding hydrogens is 547 g/mol. The normalized spacial score (nSPS) is 18.9. The Hall–Kier alpha value is -4.10. The molecule has 2 amide bonds. The molecule has 2 aromatic carbocycles. The zero-order valence-corrected chi connectivity index (χ0v) is 23.7. The number of amides is 2. The third-order valence-electron chi connectivity index (χ3n) is 7.39. The molecule has 224 valence electrons. The molecule has 0 saturated carbocycles. The minimum atomic E-state index is -1.03. The molecule has 2 aliphatic rings. The van der Waals surface area contributed by atoms with Crippen molar-refractivity contribution in [1.29, 1.82) is 0 Å². The van der Waals surface area contributed by atoms with Crippen molar-refractivity contribution < 1.29 is 32.9 Å². The summed E-state index contributed by atoms with van der Waals surface area (Å²) < 4.78 is 36.0. The lowest BCUT2D eigenvalue weighted by atomic mass is 10.0. The van der Waals surface area contributed by atoms with Crippen LogP contribution in [0, 0.1) is 5.82 Å². The van der Waals surface area contributed by atoms with Crippen molar-refractivity contribution in [2.45, 2.75) is 50.5 Å². The maximum absolute atomic E-state index is 13.9. The van der Waals surface area contributed by atoms with Crippen LogP contribution in [0.2, 0.25) is 0 Å². The summed E-state index contributed by atoms with van der Waals surface area (Å²) in [6.07, 6.45) is 3.07. The highest BCUT2D eigenvalue weighted by Crippen LogP contribution is 2.31. The van der Waals surface area contributed by atoms with Crippen LogP contribution in [0.3, 0.4) is 0 Å². The van der Waals surface area contributed by atoms with Gasteiger partial charge in [-0.05, 0) is 66.8 Å². The molecule has 2 saturated heterocycles. The number of nitrogens with zero attached hydrogens (tertiary/aromatic N) is 5. The number of tetrazole rings is 1. The SMILES string of the molecule is COc1ccc(-c2nnn(CC(=O)N(C[C@@H]3CCCO3)[C@@H](C(=O)NC[C@@H]3CCCO3)c3ccc(F)cc3)n2)cc1OC. The highest BCUT2D eigenvalue weighted by atomic mass is 19.1. The maximum atomic E-state index is 13.9. The van der Waals surface area contributed by atoms with Crippen molar-refractivity contribution in [1.82, 2.24) is 30.4 Å². The van der Waals surface area contributed by atoms with Gasteiger partial charge in [0.2, 0.25) is 17.6 Å². The van der Waals surface area contributed by atoms with Crippen molar-refractivity contribution in [2.75, 3.05) is 40.5 Å². The van der Waals surface area contributed by atoms with E-state index in [1.54, 1.807) is 25.3 Å². The number of methoxy groups -OCH3 is 2. The number of carbonyl (C=O) groups excluding carboxylic acids is 2. The molecule has 0 unspecified atom stereocenters. The summed E-state index contributed by atoms with van der Waals surface area (Å²) in [6, 6.07) is 9.77. The Balaban J connectivity index is 1.40. The van der Waals surface area contributed by atoms with E-state index in [1.807, 2.05) is 0 Å². The van der Waals surface area contributed by atoms with Gasteiger partial charge in [0.25, 0.3) is 0 Å². The smallest absolute Gasteiger partial charge is 0.247 e. The highest BCUT2D eigenvalue weighted by molar-refractivity contribution is 5.88. The van der Waals surface area contributed by atoms with Crippen molar-refractivity contribution in [3.63, 3.8) is 0 Å². The summed E-state index contributed by atoms with van der Waals surface area (Å²) in [5, 5.41) is 15.5. The Morgan fingerprint density at radius 3 is 2.43 bits per heavy atom. The number of hydrogen-bond acceptors (Lipinski definition) is 9. The third-order valence-corrected chi connectivity index (χ3v) is 7.39. The van der Waals surface area contributed by atoms with E-state index in [0.29, 0.717) is 48.2 Å². The molecule has 3 aromatic rings. The van der Waals surface area contributed by atoms with Gasteiger partial charge in [0.05, 0.1) is 26.4 Å². The second kappa shape index (κ2) is 13.7. The molecule has 2 aliphatic heterocycles. The van der Waals surface area contributed by atoms with Gasteiger partial charge in [-0.15, -0.1) is 10.2 Å². The Bertz CT molecular complexity index is 1360. The first-order valence-corrected chi connectivity index (χ1v) is 14.0. The average molecular weight is 583 g/mol. The van der Waals surface area contributed by atoms with Gasteiger partial charge in [0.15, 0.2) is 11.5 Å². The van der Waals surface area contributed by atoms with Crippen molar-refractivity contribution >= 4 is 11.8 Å². The predicted molar refractivity (Wildman–Crippen MR) is 148 cm³/mol. The van der Waals surface area contributed by atoms with Crippen LogP contribution in [0.15, 0.2) is 42.5 Å². The lowest BCUT2D eigenvalue weighted by molar-refractivity contribution is -0.143. The molecule has 13 heteroatoms. The second-order valence-corrected chi connectivity index (χ2v) is 10.2. The number of hydrogen-bond donors (Lipinski definition) is 1. The Kier molecular flexibility index (Phi) is 9.59. The summed E-state index contributed by atoms with van der Waals surface area (Å²) in [5.41, 5.74) is 1.10. The summed E-state index contributed by atoms with van der Waals surface area (Å²) in [4.78, 5) is 30.2. The van der Waals surface area contributed by atoms with Crippen LogP contribution >= 0.6 is 0 Å². The summed E-state index contributed by atoms with van der Waals surface area (Å²) in [7, 11) is 3.07. The van der Waals surface area contributed by atoms with Crippen molar-refractivity contribution in [3.8, 4) is 22.9 Å². The summed E-state index contributed by atoms with van der Waals surface area (Å²) in [6.45, 7) is 1.45. The Morgan fingerprint density at radius 2 is 1.76 bits per heavy atom. The summed E-state index contributed by atoms with van der Waals surface area (Å²) >= 11 is 0. The fourth-order valence-electron chi connectivity index (χ4n) is 5.21. The van der Waals surface area contributed by atoms with Gasteiger partial charge in [-0.1, -0.05) is 12.1 Å². The lowest BCUT2D eigenvalue weighted by Crippen LogP contribution is -2.48. The van der Waals surface area contributed by atoms with Gasteiger partial charge in [-0.3, -0.25) is 9.59 Å². The molecule has 0 aliphatic carbocycles. The average Bonchev–Trinajstić information content (AvgIpc) is 3.80. The number of rotatable bonds is 12. The molecule has 3 atom stereocenters. The van der Waals surface area contributed by atoms with Gasteiger partial charge in [0.1, 0.15) is 18.4 Å². The molecule has 42 heavy (non-hydrogen) atoms. The quantitative estimate of drug-likeness (QED) is 0.342. The first-order valence-electron chi connectivity index (χ1n) is 14.0. The monoisotopic (exact) mass is 582 g/mol. The number of ether oxygens (including phenoxy) is 4. The number of carbonyl (C=O) groups is 2. The summed E-state index contributed by atoms with van der Waals surface area (Å²) in [5.74, 6) is 0.103. The first-order chi connectivity index (χ1) is 20.4. The Labute approximate surface area is 243 Å². The topological polar surface area (TPSA) is 130 Å². The van der Waals surface area contributed by atoms with Crippen LogP contribution in [0.4, 0.5) is 4.39 Å². The third kappa shape index (κ3) is 7.02. The van der Waals surface area contributed by atoms with Crippen LogP contribution in [-0.4, -0.2) is 89.7 Å². The van der Waals surface area contributed by atoms with Crippen LogP contribution in [0.25, 0.3) is 11.4 Å². The molecule has 1 N–H and O–H groups in total. The molecule has 0 spiro atoms. The minimum Gasteiger partial charge on any atom is -0.493 e. The highest BCUT2D eigenvalue weighted by Gasteiger charge is 2.35. The number of nitrogens with one attached hydrogen (secondary N) is 1. The molecular formula is C29H35FN6O6. The van der Waals surface area contributed by atoms with Crippen LogP contribution < -0.4 is 14.8 Å². The molecule has 0 radical (unpaired) electrons. The van der Waals surface area contributed by atoms with Crippen LogP contribution in [0.5, 0.6) is 11.5 Å². The van der Waals surface area contributed by atoms with E-state index < -0.39 is 17.8 Å². The molecule has 12 nitrogen and oxygen atoms in total. The van der Waals surface area contributed by atoms with Gasteiger partial charge < -0.3 is 29.2 Å².